The van der Waals surface area contributed by atoms with Gasteiger partial charge in [-0.05, 0) is 0 Å². The average molecular weight is 178 g/mol. The van der Waals surface area contributed by atoms with Gasteiger partial charge in [0.15, 0.2) is 0 Å². The minimum Gasteiger partial charge on any atom is -0.432 e. The molecule has 0 saturated carbocycles. The van der Waals surface area contributed by atoms with Gasteiger partial charge in [-0.2, -0.15) is 0 Å². The zero-order valence-electron chi connectivity index (χ0n) is 7.37. The summed E-state index contributed by atoms with van der Waals surface area (Å²) < 4.78 is 18.5. The predicted molar refractivity (Wildman–Crippen MR) is 41.1 cm³/mol. The molecule has 0 unspecified atom stereocenters. The van der Waals surface area contributed by atoms with Crippen molar-refractivity contribution in [3.05, 3.63) is 0 Å². The number of carbonyl (C=O) groups is 1. The first kappa shape index (κ1) is 11.2. The molecule has 5 heteroatoms. The van der Waals surface area contributed by atoms with Crippen molar-refractivity contribution in [3.63, 3.8) is 0 Å². The lowest BCUT2D eigenvalue weighted by molar-refractivity contribution is 0.0232. The smallest absolute Gasteiger partial charge is 0.432 e. The Balaban J connectivity index is 3.10. The van der Waals surface area contributed by atoms with Crippen LogP contribution in [0.4, 0.5) is 4.79 Å². The summed E-state index contributed by atoms with van der Waals surface area (Å²) in [7, 11) is 3.05. The number of hydrogen-bond donors (Lipinski definition) is 0. The molecule has 0 bridgehead atoms. The zero-order chi connectivity index (χ0) is 9.23. The van der Waals surface area contributed by atoms with E-state index in [4.69, 9.17) is 0 Å². The third kappa shape index (κ3) is 7.30. The van der Waals surface area contributed by atoms with E-state index in [1.807, 2.05) is 0 Å². The van der Waals surface area contributed by atoms with Crippen LogP contribution >= 0.6 is 0 Å². The maximum Gasteiger partial charge on any atom is 0.508 e. The molecule has 72 valence electrons. The Morgan fingerprint density at radius 3 is 1.67 bits per heavy atom. The van der Waals surface area contributed by atoms with E-state index in [1.54, 1.807) is 0 Å². The van der Waals surface area contributed by atoms with Crippen molar-refractivity contribution >= 4 is 6.16 Å². The topological polar surface area (TPSA) is 54.0 Å². The fourth-order valence-corrected chi connectivity index (χ4v) is 0.458. The van der Waals surface area contributed by atoms with E-state index < -0.39 is 6.16 Å². The molecular weight excluding hydrogens is 164 g/mol. The van der Waals surface area contributed by atoms with Gasteiger partial charge in [-0.15, -0.1) is 0 Å². The van der Waals surface area contributed by atoms with Gasteiger partial charge in [0, 0.05) is 14.2 Å². The summed E-state index contributed by atoms with van der Waals surface area (Å²) in [4.78, 5) is 10.6. The Kier molecular flexibility index (Phi) is 7.73. The van der Waals surface area contributed by atoms with Crippen molar-refractivity contribution in [3.8, 4) is 0 Å². The summed E-state index contributed by atoms with van der Waals surface area (Å²) in [5.41, 5.74) is 0. The molecule has 0 aliphatic carbocycles. The van der Waals surface area contributed by atoms with E-state index in [9.17, 15) is 4.79 Å². The van der Waals surface area contributed by atoms with Gasteiger partial charge in [-0.1, -0.05) is 0 Å². The third-order valence-corrected chi connectivity index (χ3v) is 1.01. The van der Waals surface area contributed by atoms with Crippen LogP contribution < -0.4 is 0 Å². The van der Waals surface area contributed by atoms with Crippen LogP contribution in [0.2, 0.25) is 0 Å². The molecule has 12 heavy (non-hydrogen) atoms. The van der Waals surface area contributed by atoms with E-state index in [-0.39, 0.29) is 13.2 Å². The molecule has 0 saturated heterocycles. The Morgan fingerprint density at radius 2 is 1.33 bits per heavy atom. The van der Waals surface area contributed by atoms with Gasteiger partial charge in [-0.25, -0.2) is 4.79 Å². The van der Waals surface area contributed by atoms with Crippen molar-refractivity contribution < 1.29 is 23.7 Å². The van der Waals surface area contributed by atoms with Gasteiger partial charge in [0.2, 0.25) is 0 Å². The van der Waals surface area contributed by atoms with E-state index in [0.29, 0.717) is 13.2 Å². The second-order valence-corrected chi connectivity index (χ2v) is 1.93. The second kappa shape index (κ2) is 8.29. The first-order chi connectivity index (χ1) is 5.81. The van der Waals surface area contributed by atoms with Crippen LogP contribution in [-0.4, -0.2) is 46.8 Å². The molecule has 0 rings (SSSR count). The molecule has 0 N–H and O–H groups in total. The number of methoxy groups -OCH3 is 2. The highest BCUT2D eigenvalue weighted by Crippen LogP contribution is 1.85. The minimum absolute atomic E-state index is 0.211. The molecule has 0 radical (unpaired) electrons. The molecule has 0 atom stereocenters. The number of carbonyl (C=O) groups excluding carboxylic acids is 1. The molecule has 5 nitrogen and oxygen atoms in total. The van der Waals surface area contributed by atoms with Gasteiger partial charge < -0.3 is 18.9 Å². The molecule has 0 aromatic heterocycles. The minimum atomic E-state index is -0.691. The van der Waals surface area contributed by atoms with Crippen molar-refractivity contribution in [2.45, 2.75) is 0 Å². The largest absolute Gasteiger partial charge is 0.508 e. The van der Waals surface area contributed by atoms with Crippen molar-refractivity contribution in [1.82, 2.24) is 0 Å². The van der Waals surface area contributed by atoms with Gasteiger partial charge in [0.1, 0.15) is 13.2 Å². The van der Waals surface area contributed by atoms with Crippen LogP contribution in [0.25, 0.3) is 0 Å². The van der Waals surface area contributed by atoms with Crippen LogP contribution in [0.15, 0.2) is 0 Å². The van der Waals surface area contributed by atoms with Gasteiger partial charge in [0.25, 0.3) is 0 Å². The Hall–Kier alpha value is -0.810. The Bertz CT molecular complexity index is 102. The number of ether oxygens (including phenoxy) is 4. The molecule has 0 heterocycles. The van der Waals surface area contributed by atoms with E-state index in [2.05, 4.69) is 18.9 Å². The van der Waals surface area contributed by atoms with Crippen LogP contribution in [-0.2, 0) is 18.9 Å². The molecule has 0 aromatic rings. The molecule has 0 aliphatic rings. The summed E-state index contributed by atoms with van der Waals surface area (Å²) in [5, 5.41) is 0. The molecule has 0 amide bonds. The highest BCUT2D eigenvalue weighted by Gasteiger charge is 2.01. The summed E-state index contributed by atoms with van der Waals surface area (Å²) in [6, 6.07) is 0. The summed E-state index contributed by atoms with van der Waals surface area (Å²) in [6.07, 6.45) is -0.691. The molecule has 0 aliphatic heterocycles. The van der Waals surface area contributed by atoms with Gasteiger partial charge in [0.05, 0.1) is 13.2 Å². The Morgan fingerprint density at radius 1 is 0.917 bits per heavy atom. The van der Waals surface area contributed by atoms with E-state index in [0.717, 1.165) is 0 Å². The summed E-state index contributed by atoms with van der Waals surface area (Å²) in [6.45, 7) is 1.17. The van der Waals surface area contributed by atoms with E-state index >= 15 is 0 Å². The van der Waals surface area contributed by atoms with Crippen LogP contribution in [0.5, 0.6) is 0 Å². The first-order valence-corrected chi connectivity index (χ1v) is 3.58. The van der Waals surface area contributed by atoms with Crippen LogP contribution in [0.3, 0.4) is 0 Å². The highest BCUT2D eigenvalue weighted by atomic mass is 16.7. The summed E-state index contributed by atoms with van der Waals surface area (Å²) >= 11 is 0. The van der Waals surface area contributed by atoms with Gasteiger partial charge in [-0.3, -0.25) is 0 Å². The normalized spacial score (nSPS) is 9.50. The highest BCUT2D eigenvalue weighted by molar-refractivity contribution is 5.59. The van der Waals surface area contributed by atoms with Crippen molar-refractivity contribution in [2.24, 2.45) is 0 Å². The first-order valence-electron chi connectivity index (χ1n) is 3.58. The second-order valence-electron chi connectivity index (χ2n) is 1.93. The fraction of sp³-hybridized carbons (Fsp3) is 0.857. The lowest BCUT2D eigenvalue weighted by Crippen LogP contribution is -2.13. The quantitative estimate of drug-likeness (QED) is 0.436. The van der Waals surface area contributed by atoms with Crippen molar-refractivity contribution in [1.29, 1.82) is 0 Å². The molecule has 0 spiro atoms. The number of rotatable bonds is 6. The van der Waals surface area contributed by atoms with Crippen LogP contribution in [0.1, 0.15) is 0 Å². The Labute approximate surface area is 71.5 Å². The molecule has 0 fully saturated rings. The fourth-order valence-electron chi connectivity index (χ4n) is 0.458. The molecule has 0 aromatic carbocycles. The third-order valence-electron chi connectivity index (χ3n) is 1.01. The van der Waals surface area contributed by atoms with Gasteiger partial charge >= 0.3 is 6.16 Å². The summed E-state index contributed by atoms with van der Waals surface area (Å²) in [5.74, 6) is 0. The number of hydrogen-bond acceptors (Lipinski definition) is 5. The lowest BCUT2D eigenvalue weighted by Gasteiger charge is -2.04. The average Bonchev–Trinajstić information content (AvgIpc) is 2.06. The predicted octanol–water partition coefficient (Wildman–Crippen LogP) is 0.432. The molecular formula is C7H14O5. The SMILES string of the molecule is COCCOC(=O)OCCOC. The van der Waals surface area contributed by atoms with Crippen LogP contribution in [0, 0.1) is 0 Å². The maximum absolute atomic E-state index is 10.6. The van der Waals surface area contributed by atoms with E-state index in [1.165, 1.54) is 14.2 Å². The van der Waals surface area contributed by atoms with Crippen molar-refractivity contribution in [2.75, 3.05) is 40.6 Å². The maximum atomic E-state index is 10.6. The lowest BCUT2D eigenvalue weighted by atomic mass is 10.8. The zero-order valence-corrected chi connectivity index (χ0v) is 7.37. The standard InChI is InChI=1S/C7H14O5/c1-9-3-5-11-7(8)12-6-4-10-2/h3-6H2,1-2H3. The monoisotopic (exact) mass is 178 g/mol.